The molecule has 1 rings (SSSR count). The first-order chi connectivity index (χ1) is 5.24. The zero-order valence-corrected chi connectivity index (χ0v) is 7.17. The predicted molar refractivity (Wildman–Crippen MR) is 45.4 cm³/mol. The van der Waals surface area contributed by atoms with Crippen molar-refractivity contribution in [2.45, 2.75) is 26.8 Å². The van der Waals surface area contributed by atoms with Crippen LogP contribution < -0.4 is 5.73 Å². The second-order valence-corrected chi connectivity index (χ2v) is 2.79. The molecule has 2 N–H and O–H groups in total. The molecule has 0 aliphatic heterocycles. The molecular weight excluding hydrogens is 138 g/mol. The standard InChI is InChI=1S/C8H15N3/c1-7-6-8(2)11(10-7)5-3-4-9/h6H,3-5,9H2,1-2H3. The lowest BCUT2D eigenvalue weighted by atomic mass is 10.4. The molecule has 0 amide bonds. The average molecular weight is 153 g/mol. The number of hydrogen-bond donors (Lipinski definition) is 1. The summed E-state index contributed by atoms with van der Waals surface area (Å²) in [6.45, 7) is 5.75. The van der Waals surface area contributed by atoms with E-state index in [0.29, 0.717) is 0 Å². The van der Waals surface area contributed by atoms with E-state index in [2.05, 4.69) is 18.1 Å². The van der Waals surface area contributed by atoms with Crippen LogP contribution in [0.1, 0.15) is 17.8 Å². The Morgan fingerprint density at radius 1 is 1.55 bits per heavy atom. The van der Waals surface area contributed by atoms with Crippen LogP contribution in [0.15, 0.2) is 6.07 Å². The molecular formula is C8H15N3. The topological polar surface area (TPSA) is 43.8 Å². The van der Waals surface area contributed by atoms with Crippen LogP contribution in [0, 0.1) is 13.8 Å². The molecule has 3 heteroatoms. The molecule has 0 aliphatic carbocycles. The molecule has 1 aromatic heterocycles. The Morgan fingerprint density at radius 3 is 2.73 bits per heavy atom. The predicted octanol–water partition coefficient (Wildman–Crippen LogP) is 0.849. The maximum atomic E-state index is 5.39. The van der Waals surface area contributed by atoms with Crippen LogP contribution in [0.4, 0.5) is 0 Å². The number of aryl methyl sites for hydroxylation is 3. The highest BCUT2D eigenvalue weighted by molar-refractivity contribution is 5.06. The fraction of sp³-hybridized carbons (Fsp3) is 0.625. The van der Waals surface area contributed by atoms with Crippen molar-refractivity contribution in [3.8, 4) is 0 Å². The van der Waals surface area contributed by atoms with Crippen LogP contribution in [-0.2, 0) is 6.54 Å². The highest BCUT2D eigenvalue weighted by Crippen LogP contribution is 2.01. The third kappa shape index (κ3) is 2.05. The Labute approximate surface area is 67.2 Å². The molecule has 1 heterocycles. The summed E-state index contributed by atoms with van der Waals surface area (Å²) in [7, 11) is 0. The summed E-state index contributed by atoms with van der Waals surface area (Å²) in [6, 6.07) is 2.08. The third-order valence-corrected chi connectivity index (χ3v) is 1.68. The van der Waals surface area contributed by atoms with Crippen molar-refractivity contribution in [3.63, 3.8) is 0 Å². The molecule has 0 aliphatic rings. The fourth-order valence-electron chi connectivity index (χ4n) is 1.14. The van der Waals surface area contributed by atoms with Crippen LogP contribution in [0.2, 0.25) is 0 Å². The second-order valence-electron chi connectivity index (χ2n) is 2.79. The first-order valence-electron chi connectivity index (χ1n) is 3.95. The lowest BCUT2D eigenvalue weighted by Crippen LogP contribution is -2.08. The smallest absolute Gasteiger partial charge is 0.0596 e. The van der Waals surface area contributed by atoms with Crippen LogP contribution in [0.25, 0.3) is 0 Å². The van der Waals surface area contributed by atoms with E-state index < -0.39 is 0 Å². The van der Waals surface area contributed by atoms with E-state index >= 15 is 0 Å². The second kappa shape index (κ2) is 3.53. The van der Waals surface area contributed by atoms with Gasteiger partial charge in [-0.05, 0) is 32.9 Å². The van der Waals surface area contributed by atoms with Gasteiger partial charge in [0.2, 0.25) is 0 Å². The van der Waals surface area contributed by atoms with E-state index in [4.69, 9.17) is 5.73 Å². The van der Waals surface area contributed by atoms with Gasteiger partial charge in [0.1, 0.15) is 0 Å². The Hall–Kier alpha value is -0.830. The number of nitrogens with zero attached hydrogens (tertiary/aromatic N) is 2. The maximum Gasteiger partial charge on any atom is 0.0596 e. The summed E-state index contributed by atoms with van der Waals surface area (Å²) in [6.07, 6.45) is 1.00. The zero-order chi connectivity index (χ0) is 8.27. The van der Waals surface area contributed by atoms with Gasteiger partial charge in [-0.1, -0.05) is 0 Å². The van der Waals surface area contributed by atoms with Crippen LogP contribution in [0.5, 0.6) is 0 Å². The number of nitrogens with two attached hydrogens (primary N) is 1. The molecule has 3 nitrogen and oxygen atoms in total. The highest BCUT2D eigenvalue weighted by atomic mass is 15.3. The molecule has 62 valence electrons. The Balaban J connectivity index is 2.62. The largest absolute Gasteiger partial charge is 0.330 e. The van der Waals surface area contributed by atoms with Gasteiger partial charge in [-0.25, -0.2) is 0 Å². The summed E-state index contributed by atoms with van der Waals surface area (Å²) in [5.41, 5.74) is 7.69. The van der Waals surface area contributed by atoms with E-state index in [1.807, 2.05) is 11.6 Å². The van der Waals surface area contributed by atoms with Gasteiger partial charge in [0.25, 0.3) is 0 Å². The van der Waals surface area contributed by atoms with E-state index in [0.717, 1.165) is 25.2 Å². The van der Waals surface area contributed by atoms with Crippen LogP contribution in [0.3, 0.4) is 0 Å². The van der Waals surface area contributed by atoms with Gasteiger partial charge in [0.15, 0.2) is 0 Å². The van der Waals surface area contributed by atoms with Crippen molar-refractivity contribution in [2.24, 2.45) is 5.73 Å². The Kier molecular flexibility index (Phi) is 2.65. The van der Waals surface area contributed by atoms with E-state index in [-0.39, 0.29) is 0 Å². The summed E-state index contributed by atoms with van der Waals surface area (Å²) < 4.78 is 2.00. The molecule has 1 aromatic rings. The Morgan fingerprint density at radius 2 is 2.27 bits per heavy atom. The summed E-state index contributed by atoms with van der Waals surface area (Å²) in [5, 5.41) is 4.31. The molecule has 0 atom stereocenters. The van der Waals surface area contributed by atoms with E-state index in [1.165, 1.54) is 5.69 Å². The summed E-state index contributed by atoms with van der Waals surface area (Å²) in [4.78, 5) is 0. The third-order valence-electron chi connectivity index (χ3n) is 1.68. The van der Waals surface area contributed by atoms with Crippen molar-refractivity contribution in [3.05, 3.63) is 17.5 Å². The van der Waals surface area contributed by atoms with Crippen molar-refractivity contribution >= 4 is 0 Å². The average Bonchev–Trinajstić information content (AvgIpc) is 2.26. The van der Waals surface area contributed by atoms with Gasteiger partial charge in [-0.2, -0.15) is 5.10 Å². The van der Waals surface area contributed by atoms with Gasteiger partial charge in [0.05, 0.1) is 5.69 Å². The molecule has 0 bridgehead atoms. The normalized spacial score (nSPS) is 10.5. The minimum absolute atomic E-state index is 0.734. The molecule has 0 radical (unpaired) electrons. The van der Waals surface area contributed by atoms with Crippen molar-refractivity contribution in [1.82, 2.24) is 9.78 Å². The van der Waals surface area contributed by atoms with E-state index in [1.54, 1.807) is 0 Å². The first kappa shape index (κ1) is 8.27. The molecule has 0 aromatic carbocycles. The van der Waals surface area contributed by atoms with Crippen LogP contribution in [-0.4, -0.2) is 16.3 Å². The van der Waals surface area contributed by atoms with Gasteiger partial charge in [-0.15, -0.1) is 0 Å². The molecule has 11 heavy (non-hydrogen) atoms. The van der Waals surface area contributed by atoms with Crippen molar-refractivity contribution in [1.29, 1.82) is 0 Å². The monoisotopic (exact) mass is 153 g/mol. The van der Waals surface area contributed by atoms with Crippen molar-refractivity contribution < 1.29 is 0 Å². The zero-order valence-electron chi connectivity index (χ0n) is 7.17. The number of hydrogen-bond acceptors (Lipinski definition) is 2. The maximum absolute atomic E-state index is 5.39. The fourth-order valence-corrected chi connectivity index (χ4v) is 1.14. The van der Waals surface area contributed by atoms with Crippen LogP contribution >= 0.6 is 0 Å². The molecule has 0 spiro atoms. The van der Waals surface area contributed by atoms with E-state index in [9.17, 15) is 0 Å². The molecule has 0 fully saturated rings. The first-order valence-corrected chi connectivity index (χ1v) is 3.95. The quantitative estimate of drug-likeness (QED) is 0.699. The van der Waals surface area contributed by atoms with Gasteiger partial charge >= 0.3 is 0 Å². The minimum Gasteiger partial charge on any atom is -0.330 e. The van der Waals surface area contributed by atoms with Gasteiger partial charge in [0, 0.05) is 12.2 Å². The molecule has 0 saturated carbocycles. The SMILES string of the molecule is Cc1cc(C)n(CCCN)n1. The number of aromatic nitrogens is 2. The number of rotatable bonds is 3. The molecule has 0 saturated heterocycles. The lowest BCUT2D eigenvalue weighted by Gasteiger charge is -2.00. The Bertz CT molecular complexity index is 227. The highest BCUT2D eigenvalue weighted by Gasteiger charge is 1.98. The van der Waals surface area contributed by atoms with Gasteiger partial charge in [-0.3, -0.25) is 4.68 Å². The summed E-state index contributed by atoms with van der Waals surface area (Å²) >= 11 is 0. The van der Waals surface area contributed by atoms with Crippen molar-refractivity contribution in [2.75, 3.05) is 6.54 Å². The summed E-state index contributed by atoms with van der Waals surface area (Å²) in [5.74, 6) is 0. The lowest BCUT2D eigenvalue weighted by molar-refractivity contribution is 0.568. The molecule has 0 unspecified atom stereocenters. The van der Waals surface area contributed by atoms with Gasteiger partial charge < -0.3 is 5.73 Å². The minimum atomic E-state index is 0.734.